The van der Waals surface area contributed by atoms with Crippen molar-refractivity contribution in [3.05, 3.63) is 84.2 Å². The number of pyridine rings is 1. The van der Waals surface area contributed by atoms with Gasteiger partial charge in [-0.05, 0) is 17.2 Å². The van der Waals surface area contributed by atoms with Crippen molar-refractivity contribution < 1.29 is 14.6 Å². The molecule has 2 aromatic carbocycles. The molecule has 1 unspecified atom stereocenters. The number of ether oxygens (including phenoxy) is 2. The fourth-order valence-corrected chi connectivity index (χ4v) is 4.31. The number of rotatable bonds is 6. The molecule has 0 radical (unpaired) electrons. The van der Waals surface area contributed by atoms with E-state index in [2.05, 4.69) is 4.98 Å². The average Bonchev–Trinajstić information content (AvgIpc) is 3.11. The first kappa shape index (κ1) is 17.7. The first-order valence-electron chi connectivity index (χ1n) is 8.61. The Hall–Kier alpha value is -2.73. The fraction of sp³-hybridized carbons (Fsp3) is 0.136. The predicted molar refractivity (Wildman–Crippen MR) is 108 cm³/mol. The molecule has 136 valence electrons. The number of nitrogens with zero attached hydrogens (tertiary/aromatic N) is 1. The first-order valence-corrected chi connectivity index (χ1v) is 9.43. The molecule has 4 aromatic rings. The molecule has 0 aliphatic rings. The van der Waals surface area contributed by atoms with Crippen molar-refractivity contribution in [2.24, 2.45) is 0 Å². The van der Waals surface area contributed by atoms with Crippen LogP contribution >= 0.6 is 11.3 Å². The van der Waals surface area contributed by atoms with Gasteiger partial charge in [0.15, 0.2) is 6.79 Å². The highest BCUT2D eigenvalue weighted by molar-refractivity contribution is 7.23. The third-order valence-electron chi connectivity index (χ3n) is 4.32. The third kappa shape index (κ3) is 3.45. The van der Waals surface area contributed by atoms with Gasteiger partial charge in [0.2, 0.25) is 0 Å². The molecule has 0 aliphatic carbocycles. The van der Waals surface area contributed by atoms with E-state index in [0.717, 1.165) is 31.8 Å². The lowest BCUT2D eigenvalue weighted by molar-refractivity contribution is 0.0528. The van der Waals surface area contributed by atoms with Gasteiger partial charge in [0.25, 0.3) is 0 Å². The van der Waals surface area contributed by atoms with Crippen LogP contribution in [-0.2, 0) is 4.74 Å². The van der Waals surface area contributed by atoms with E-state index in [9.17, 15) is 5.11 Å². The summed E-state index contributed by atoms with van der Waals surface area (Å²) in [5.41, 5.74) is 2.50. The van der Waals surface area contributed by atoms with Gasteiger partial charge in [0.05, 0.1) is 15.3 Å². The van der Waals surface area contributed by atoms with Crippen LogP contribution in [0.25, 0.3) is 20.5 Å². The summed E-state index contributed by atoms with van der Waals surface area (Å²) < 4.78 is 11.9. The molecule has 4 nitrogen and oxygen atoms in total. The lowest BCUT2D eigenvalue weighted by atomic mass is 10.0. The summed E-state index contributed by atoms with van der Waals surface area (Å²) in [6, 6.07) is 21.6. The second-order valence-corrected chi connectivity index (χ2v) is 7.08. The molecule has 0 saturated heterocycles. The van der Waals surface area contributed by atoms with Crippen molar-refractivity contribution in [1.82, 2.24) is 4.98 Å². The van der Waals surface area contributed by atoms with E-state index in [0.29, 0.717) is 5.69 Å². The smallest absolute Gasteiger partial charge is 0.188 e. The quantitative estimate of drug-likeness (QED) is 0.479. The molecule has 27 heavy (non-hydrogen) atoms. The summed E-state index contributed by atoms with van der Waals surface area (Å²) in [6.07, 6.45) is 0.915. The largest absolute Gasteiger partial charge is 0.465 e. The van der Waals surface area contributed by atoms with Crippen molar-refractivity contribution in [2.45, 2.75) is 6.10 Å². The van der Waals surface area contributed by atoms with Crippen LogP contribution in [-0.4, -0.2) is 24.0 Å². The minimum Gasteiger partial charge on any atom is -0.465 e. The molecule has 4 rings (SSSR count). The fourth-order valence-electron chi connectivity index (χ4n) is 3.05. The van der Waals surface area contributed by atoms with Gasteiger partial charge in [-0.3, -0.25) is 4.98 Å². The van der Waals surface area contributed by atoms with Gasteiger partial charge < -0.3 is 14.6 Å². The van der Waals surface area contributed by atoms with Gasteiger partial charge in [-0.1, -0.05) is 60.7 Å². The van der Waals surface area contributed by atoms with Crippen molar-refractivity contribution in [1.29, 1.82) is 0 Å². The van der Waals surface area contributed by atoms with Crippen LogP contribution < -0.4 is 4.74 Å². The molecule has 0 bridgehead atoms. The van der Waals surface area contributed by atoms with E-state index in [1.165, 1.54) is 0 Å². The number of aliphatic hydroxyl groups is 1. The third-order valence-corrected chi connectivity index (χ3v) is 5.58. The molecule has 0 spiro atoms. The van der Waals surface area contributed by atoms with Gasteiger partial charge in [-0.25, -0.2) is 0 Å². The molecular weight excluding hydrogens is 358 g/mol. The highest BCUT2D eigenvalue weighted by atomic mass is 32.1. The second-order valence-electron chi connectivity index (χ2n) is 6.06. The Morgan fingerprint density at radius 3 is 2.41 bits per heavy atom. The van der Waals surface area contributed by atoms with Crippen LogP contribution in [0.1, 0.15) is 17.4 Å². The summed E-state index contributed by atoms with van der Waals surface area (Å²) in [5.74, 6) is 0.756. The maximum Gasteiger partial charge on any atom is 0.188 e. The van der Waals surface area contributed by atoms with Gasteiger partial charge in [-0.15, -0.1) is 11.3 Å². The minimum atomic E-state index is -0.799. The number of benzene rings is 2. The Labute approximate surface area is 161 Å². The van der Waals surface area contributed by atoms with Gasteiger partial charge in [0.1, 0.15) is 11.9 Å². The molecule has 1 atom stereocenters. The van der Waals surface area contributed by atoms with Crippen molar-refractivity contribution in [3.63, 3.8) is 0 Å². The number of methoxy groups -OCH3 is 1. The molecular formula is C22H19NO3S. The standard InChI is InChI=1S/C22H19NO3S/c1-25-14-26-20-17-12-13-23-18(19(24)15-8-4-2-5-9-15)22(17)27-21(20)16-10-6-3-7-11-16/h2-13,19,24H,14H2,1H3. The topological polar surface area (TPSA) is 51.6 Å². The Morgan fingerprint density at radius 2 is 1.70 bits per heavy atom. The zero-order valence-corrected chi connectivity index (χ0v) is 15.6. The van der Waals surface area contributed by atoms with Crippen molar-refractivity contribution in [3.8, 4) is 16.2 Å². The summed E-state index contributed by atoms with van der Waals surface area (Å²) in [4.78, 5) is 5.48. The van der Waals surface area contributed by atoms with Gasteiger partial charge in [-0.2, -0.15) is 0 Å². The number of hydrogen-bond donors (Lipinski definition) is 1. The van der Waals surface area contributed by atoms with E-state index in [1.54, 1.807) is 24.6 Å². The van der Waals surface area contributed by atoms with Crippen LogP contribution in [0.4, 0.5) is 0 Å². The van der Waals surface area contributed by atoms with E-state index in [-0.39, 0.29) is 6.79 Å². The first-order chi connectivity index (χ1) is 13.3. The molecule has 2 heterocycles. The van der Waals surface area contributed by atoms with E-state index < -0.39 is 6.10 Å². The second kappa shape index (κ2) is 7.88. The van der Waals surface area contributed by atoms with Crippen molar-refractivity contribution >= 4 is 21.4 Å². The average molecular weight is 377 g/mol. The summed E-state index contributed by atoms with van der Waals surface area (Å²) >= 11 is 1.57. The maximum absolute atomic E-state index is 10.9. The number of thiophene rings is 1. The Morgan fingerprint density at radius 1 is 1.00 bits per heavy atom. The Balaban J connectivity index is 1.89. The summed E-state index contributed by atoms with van der Waals surface area (Å²) in [7, 11) is 1.60. The minimum absolute atomic E-state index is 0.157. The number of hydrogen-bond acceptors (Lipinski definition) is 5. The van der Waals surface area contributed by atoms with Gasteiger partial charge >= 0.3 is 0 Å². The zero-order chi connectivity index (χ0) is 18.6. The van der Waals surface area contributed by atoms with Crippen LogP contribution in [0, 0.1) is 0 Å². The lowest BCUT2D eigenvalue weighted by Crippen LogP contribution is -2.02. The lowest BCUT2D eigenvalue weighted by Gasteiger charge is -2.11. The van der Waals surface area contributed by atoms with Crippen LogP contribution in [0.15, 0.2) is 72.9 Å². The number of aliphatic hydroxyl groups excluding tert-OH is 1. The van der Waals surface area contributed by atoms with Crippen LogP contribution in [0.2, 0.25) is 0 Å². The number of fused-ring (bicyclic) bond motifs is 1. The van der Waals surface area contributed by atoms with E-state index in [1.807, 2.05) is 66.7 Å². The molecule has 0 saturated carbocycles. The van der Waals surface area contributed by atoms with Crippen molar-refractivity contribution in [2.75, 3.05) is 13.9 Å². The molecule has 0 amide bonds. The molecule has 0 aliphatic heterocycles. The van der Waals surface area contributed by atoms with E-state index >= 15 is 0 Å². The van der Waals surface area contributed by atoms with Crippen LogP contribution in [0.3, 0.4) is 0 Å². The molecule has 0 fully saturated rings. The zero-order valence-electron chi connectivity index (χ0n) is 14.8. The summed E-state index contributed by atoms with van der Waals surface area (Å²) in [5, 5.41) is 11.8. The number of aromatic nitrogens is 1. The highest BCUT2D eigenvalue weighted by Crippen LogP contribution is 2.46. The Bertz CT molecular complexity index is 1030. The monoisotopic (exact) mass is 377 g/mol. The normalized spacial score (nSPS) is 12.2. The Kier molecular flexibility index (Phi) is 5.16. The predicted octanol–water partition coefficient (Wildman–Crippen LogP) is 5.03. The van der Waals surface area contributed by atoms with E-state index in [4.69, 9.17) is 9.47 Å². The SMILES string of the molecule is COCOc1c(-c2ccccc2)sc2c(C(O)c3ccccc3)nccc12. The van der Waals surface area contributed by atoms with Crippen LogP contribution in [0.5, 0.6) is 5.75 Å². The molecule has 2 aromatic heterocycles. The maximum atomic E-state index is 10.9. The molecule has 5 heteroatoms. The van der Waals surface area contributed by atoms with Gasteiger partial charge in [0, 0.05) is 18.7 Å². The highest BCUT2D eigenvalue weighted by Gasteiger charge is 2.22. The molecule has 1 N–H and O–H groups in total. The summed E-state index contributed by atoms with van der Waals surface area (Å²) in [6.45, 7) is 0.157.